The lowest BCUT2D eigenvalue weighted by Gasteiger charge is -2.36. The number of rotatable bonds is 4. The summed E-state index contributed by atoms with van der Waals surface area (Å²) in [7, 11) is -2.66. The van der Waals surface area contributed by atoms with E-state index in [2.05, 4.69) is 0 Å². The largest absolute Gasteiger partial charge is 0.381 e. The van der Waals surface area contributed by atoms with Gasteiger partial charge in [0.1, 0.15) is 16.5 Å². The van der Waals surface area contributed by atoms with Gasteiger partial charge in [-0.3, -0.25) is 0 Å². The first-order valence-corrected chi connectivity index (χ1v) is 8.18. The molecule has 1 aromatic rings. The van der Waals surface area contributed by atoms with Gasteiger partial charge in [-0.15, -0.1) is 0 Å². The standard InChI is InChI=1S/C14H19F2NO3S/c1-14(5-7-20-8-6-14)10-17(2)21(18,19)13-9-11(15)3-4-12(13)16/h3-4,9H,5-8,10H2,1-2H3. The number of hydrogen-bond donors (Lipinski definition) is 0. The molecular formula is C14H19F2NO3S. The zero-order valence-corrected chi connectivity index (χ0v) is 12.9. The molecule has 0 atom stereocenters. The quantitative estimate of drug-likeness (QED) is 0.856. The Bertz CT molecular complexity index is 613. The van der Waals surface area contributed by atoms with Crippen LogP contribution in [0.4, 0.5) is 8.78 Å². The Morgan fingerprint density at radius 2 is 1.90 bits per heavy atom. The number of halogens is 2. The van der Waals surface area contributed by atoms with Crippen LogP contribution in [0.5, 0.6) is 0 Å². The highest BCUT2D eigenvalue weighted by molar-refractivity contribution is 7.89. The molecule has 0 N–H and O–H groups in total. The third-order valence-electron chi connectivity index (χ3n) is 3.89. The summed E-state index contributed by atoms with van der Waals surface area (Å²) in [6, 6.07) is 2.44. The van der Waals surface area contributed by atoms with Crippen LogP contribution in [0.25, 0.3) is 0 Å². The van der Waals surface area contributed by atoms with E-state index < -0.39 is 26.6 Å². The SMILES string of the molecule is CN(CC1(C)CCOCC1)S(=O)(=O)c1cc(F)ccc1F. The second-order valence-electron chi connectivity index (χ2n) is 5.76. The molecule has 0 saturated carbocycles. The fraction of sp³-hybridized carbons (Fsp3) is 0.571. The molecule has 0 amide bonds. The van der Waals surface area contributed by atoms with Crippen LogP contribution in [0, 0.1) is 17.0 Å². The van der Waals surface area contributed by atoms with Crippen molar-refractivity contribution in [3.05, 3.63) is 29.8 Å². The third kappa shape index (κ3) is 3.59. The molecule has 1 fully saturated rings. The molecule has 0 radical (unpaired) electrons. The Morgan fingerprint density at radius 1 is 1.29 bits per heavy atom. The van der Waals surface area contributed by atoms with E-state index in [1.54, 1.807) is 0 Å². The molecule has 2 rings (SSSR count). The Hall–Kier alpha value is -1.05. The van der Waals surface area contributed by atoms with Gasteiger partial charge in [0.25, 0.3) is 0 Å². The van der Waals surface area contributed by atoms with Gasteiger partial charge in [0.05, 0.1) is 0 Å². The summed E-state index contributed by atoms with van der Waals surface area (Å²) in [4.78, 5) is -0.624. The summed E-state index contributed by atoms with van der Waals surface area (Å²) in [6.45, 7) is 3.38. The number of benzene rings is 1. The molecule has 0 aliphatic carbocycles. The van der Waals surface area contributed by atoms with Crippen molar-refractivity contribution < 1.29 is 21.9 Å². The molecule has 1 heterocycles. The highest BCUT2D eigenvalue weighted by atomic mass is 32.2. The molecule has 1 aliphatic heterocycles. The summed E-state index contributed by atoms with van der Waals surface area (Å²) in [5.74, 6) is -1.72. The Morgan fingerprint density at radius 3 is 2.52 bits per heavy atom. The van der Waals surface area contributed by atoms with E-state index in [0.29, 0.717) is 19.3 Å². The topological polar surface area (TPSA) is 46.6 Å². The lowest BCUT2D eigenvalue weighted by Crippen LogP contribution is -2.40. The van der Waals surface area contributed by atoms with E-state index in [0.717, 1.165) is 29.3 Å². The summed E-state index contributed by atoms with van der Waals surface area (Å²) >= 11 is 0. The van der Waals surface area contributed by atoms with Crippen LogP contribution < -0.4 is 0 Å². The monoisotopic (exact) mass is 319 g/mol. The first kappa shape index (κ1) is 16.3. The summed E-state index contributed by atoms with van der Waals surface area (Å²) in [5, 5.41) is 0. The van der Waals surface area contributed by atoms with Crippen molar-refractivity contribution in [2.75, 3.05) is 26.8 Å². The zero-order chi connectivity index (χ0) is 15.7. The van der Waals surface area contributed by atoms with E-state index in [9.17, 15) is 17.2 Å². The fourth-order valence-electron chi connectivity index (χ4n) is 2.49. The lowest BCUT2D eigenvalue weighted by atomic mass is 9.82. The van der Waals surface area contributed by atoms with Crippen LogP contribution in [0.3, 0.4) is 0 Å². The minimum Gasteiger partial charge on any atom is -0.381 e. The van der Waals surface area contributed by atoms with E-state index >= 15 is 0 Å². The number of nitrogens with zero attached hydrogens (tertiary/aromatic N) is 1. The lowest BCUT2D eigenvalue weighted by molar-refractivity contribution is 0.0174. The van der Waals surface area contributed by atoms with Gasteiger partial charge in [0.15, 0.2) is 0 Å². The molecule has 1 saturated heterocycles. The van der Waals surface area contributed by atoms with Gasteiger partial charge in [-0.2, -0.15) is 0 Å². The van der Waals surface area contributed by atoms with Crippen molar-refractivity contribution in [1.29, 1.82) is 0 Å². The number of sulfonamides is 1. The van der Waals surface area contributed by atoms with Gasteiger partial charge in [0.2, 0.25) is 10.0 Å². The smallest absolute Gasteiger partial charge is 0.245 e. The van der Waals surface area contributed by atoms with Crippen molar-refractivity contribution in [2.45, 2.75) is 24.7 Å². The molecule has 7 heteroatoms. The molecule has 0 bridgehead atoms. The molecule has 118 valence electrons. The van der Waals surface area contributed by atoms with Crippen LogP contribution in [-0.2, 0) is 14.8 Å². The second kappa shape index (κ2) is 5.98. The highest BCUT2D eigenvalue weighted by Gasteiger charge is 2.34. The molecular weight excluding hydrogens is 300 g/mol. The molecule has 4 nitrogen and oxygen atoms in total. The minimum absolute atomic E-state index is 0.218. The molecule has 1 aromatic carbocycles. The molecule has 0 unspecified atom stereocenters. The van der Waals surface area contributed by atoms with Crippen LogP contribution >= 0.6 is 0 Å². The van der Waals surface area contributed by atoms with Crippen molar-refractivity contribution in [3.8, 4) is 0 Å². The normalized spacial score (nSPS) is 18.9. The van der Waals surface area contributed by atoms with Crippen molar-refractivity contribution in [2.24, 2.45) is 5.41 Å². The summed E-state index contributed by atoms with van der Waals surface area (Å²) in [6.07, 6.45) is 1.47. The minimum atomic E-state index is -4.05. The van der Waals surface area contributed by atoms with Crippen molar-refractivity contribution >= 4 is 10.0 Å². The van der Waals surface area contributed by atoms with Crippen LogP contribution in [0.1, 0.15) is 19.8 Å². The maximum atomic E-state index is 13.7. The number of ether oxygens (including phenoxy) is 1. The Kier molecular flexibility index (Phi) is 4.65. The predicted octanol–water partition coefficient (Wildman–Crippen LogP) is 2.40. The van der Waals surface area contributed by atoms with Crippen molar-refractivity contribution in [1.82, 2.24) is 4.31 Å². The van der Waals surface area contributed by atoms with Gasteiger partial charge < -0.3 is 4.74 Å². The maximum absolute atomic E-state index is 13.7. The first-order chi connectivity index (χ1) is 9.74. The van der Waals surface area contributed by atoms with Crippen LogP contribution in [0.2, 0.25) is 0 Å². The van der Waals surface area contributed by atoms with E-state index in [1.165, 1.54) is 7.05 Å². The highest BCUT2D eigenvalue weighted by Crippen LogP contribution is 2.32. The second-order valence-corrected chi connectivity index (χ2v) is 7.77. The predicted molar refractivity (Wildman–Crippen MR) is 74.3 cm³/mol. The van der Waals surface area contributed by atoms with Gasteiger partial charge in [0, 0.05) is 26.8 Å². The van der Waals surface area contributed by atoms with E-state index in [-0.39, 0.29) is 12.0 Å². The van der Waals surface area contributed by atoms with Gasteiger partial charge in [-0.05, 0) is 36.5 Å². The average Bonchev–Trinajstić information content (AvgIpc) is 2.41. The Labute approximate surface area is 123 Å². The van der Waals surface area contributed by atoms with E-state index in [4.69, 9.17) is 4.74 Å². The first-order valence-electron chi connectivity index (χ1n) is 6.74. The van der Waals surface area contributed by atoms with Gasteiger partial charge in [-0.1, -0.05) is 6.92 Å². The molecule has 0 aromatic heterocycles. The molecule has 0 spiro atoms. The summed E-state index contributed by atoms with van der Waals surface area (Å²) in [5.41, 5.74) is -0.218. The fourth-order valence-corrected chi connectivity index (χ4v) is 3.88. The van der Waals surface area contributed by atoms with Crippen LogP contribution in [0.15, 0.2) is 23.1 Å². The molecule has 21 heavy (non-hydrogen) atoms. The third-order valence-corrected chi connectivity index (χ3v) is 5.70. The average molecular weight is 319 g/mol. The Balaban J connectivity index is 2.24. The molecule has 1 aliphatic rings. The van der Waals surface area contributed by atoms with Crippen LogP contribution in [-0.4, -0.2) is 39.5 Å². The summed E-state index contributed by atoms with van der Waals surface area (Å²) < 4.78 is 58.1. The number of hydrogen-bond acceptors (Lipinski definition) is 3. The van der Waals surface area contributed by atoms with Gasteiger partial charge in [-0.25, -0.2) is 21.5 Å². The zero-order valence-electron chi connectivity index (χ0n) is 12.1. The van der Waals surface area contributed by atoms with Gasteiger partial charge >= 0.3 is 0 Å². The van der Waals surface area contributed by atoms with E-state index in [1.807, 2.05) is 6.92 Å². The van der Waals surface area contributed by atoms with Crippen molar-refractivity contribution in [3.63, 3.8) is 0 Å². The maximum Gasteiger partial charge on any atom is 0.245 e.